The van der Waals surface area contributed by atoms with Crippen LogP contribution in [-0.2, 0) is 14.8 Å². The number of carbonyl (C=O) groups is 1. The van der Waals surface area contributed by atoms with Gasteiger partial charge in [-0.25, -0.2) is 13.4 Å². The molecule has 0 radical (unpaired) electrons. The number of aryl methyl sites for hydroxylation is 1. The van der Waals surface area contributed by atoms with E-state index in [0.717, 1.165) is 37.6 Å². The van der Waals surface area contributed by atoms with Crippen molar-refractivity contribution in [2.45, 2.75) is 18.2 Å². The standard InChI is InChI=1S/C18H19N3O3S3/c1-11-5-4-6-14(12(11)2)19-17(22)10-25-18-20-15-8-7-13(9-16(15)26-18)21-27(3,23)24/h4-9,21H,10H2,1-3H3,(H,19,22). The molecule has 0 bridgehead atoms. The minimum atomic E-state index is -3.32. The fraction of sp³-hybridized carbons (Fsp3) is 0.222. The number of fused-ring (bicyclic) bond motifs is 1. The Labute approximate surface area is 166 Å². The fourth-order valence-corrected chi connectivity index (χ4v) is 4.91. The van der Waals surface area contributed by atoms with Gasteiger partial charge in [0.1, 0.15) is 0 Å². The van der Waals surface area contributed by atoms with Crippen molar-refractivity contribution in [3.8, 4) is 0 Å². The number of benzene rings is 2. The second-order valence-corrected chi connectivity index (χ2v) is 10.1. The summed E-state index contributed by atoms with van der Waals surface area (Å²) in [4.78, 5) is 16.7. The van der Waals surface area contributed by atoms with Gasteiger partial charge in [-0.1, -0.05) is 23.9 Å². The largest absolute Gasteiger partial charge is 0.325 e. The zero-order chi connectivity index (χ0) is 19.6. The maximum atomic E-state index is 12.2. The summed E-state index contributed by atoms with van der Waals surface area (Å²) in [6.07, 6.45) is 1.11. The number of carbonyl (C=O) groups excluding carboxylic acids is 1. The van der Waals surface area contributed by atoms with Crippen LogP contribution in [0.15, 0.2) is 40.7 Å². The molecule has 0 saturated heterocycles. The van der Waals surface area contributed by atoms with Crippen LogP contribution in [0.2, 0.25) is 0 Å². The molecular weight excluding hydrogens is 402 g/mol. The predicted molar refractivity (Wildman–Crippen MR) is 113 cm³/mol. The second-order valence-electron chi connectivity index (χ2n) is 6.12. The maximum Gasteiger partial charge on any atom is 0.234 e. The third kappa shape index (κ3) is 5.21. The summed E-state index contributed by atoms with van der Waals surface area (Å²) in [6.45, 7) is 3.99. The first-order valence-corrected chi connectivity index (χ1v) is 11.8. The minimum absolute atomic E-state index is 0.0904. The predicted octanol–water partition coefficient (Wildman–Crippen LogP) is 4.02. The molecule has 0 spiro atoms. The quantitative estimate of drug-likeness (QED) is 0.587. The third-order valence-corrected chi connectivity index (χ3v) is 6.65. The number of thioether (sulfide) groups is 1. The number of nitrogens with one attached hydrogen (secondary N) is 2. The van der Waals surface area contributed by atoms with Crippen LogP contribution >= 0.6 is 23.1 Å². The first kappa shape index (κ1) is 19.7. The monoisotopic (exact) mass is 421 g/mol. The molecule has 0 aliphatic carbocycles. The molecule has 0 saturated carbocycles. The molecule has 27 heavy (non-hydrogen) atoms. The average molecular weight is 422 g/mol. The molecule has 0 atom stereocenters. The number of rotatable bonds is 6. The van der Waals surface area contributed by atoms with Crippen LogP contribution in [0.4, 0.5) is 11.4 Å². The summed E-state index contributed by atoms with van der Waals surface area (Å²) in [5, 5.41) is 2.93. The highest BCUT2D eigenvalue weighted by Gasteiger charge is 2.11. The van der Waals surface area contributed by atoms with Crippen LogP contribution in [-0.4, -0.2) is 31.3 Å². The summed E-state index contributed by atoms with van der Waals surface area (Å²) in [7, 11) is -3.32. The second kappa shape index (κ2) is 7.87. The van der Waals surface area contributed by atoms with Crippen LogP contribution in [0.25, 0.3) is 10.2 Å². The van der Waals surface area contributed by atoms with Gasteiger partial charge in [0.2, 0.25) is 15.9 Å². The van der Waals surface area contributed by atoms with Crippen molar-refractivity contribution in [3.63, 3.8) is 0 Å². The summed E-state index contributed by atoms with van der Waals surface area (Å²) in [6, 6.07) is 11.0. The molecule has 1 aromatic heterocycles. The molecule has 142 valence electrons. The highest BCUT2D eigenvalue weighted by molar-refractivity contribution is 8.01. The van der Waals surface area contributed by atoms with Crippen LogP contribution in [0.5, 0.6) is 0 Å². The fourth-order valence-electron chi connectivity index (χ4n) is 2.44. The summed E-state index contributed by atoms with van der Waals surface area (Å²) < 4.78 is 26.8. The van der Waals surface area contributed by atoms with E-state index in [-0.39, 0.29) is 11.7 Å². The minimum Gasteiger partial charge on any atom is -0.325 e. The van der Waals surface area contributed by atoms with E-state index in [4.69, 9.17) is 0 Å². The van der Waals surface area contributed by atoms with Gasteiger partial charge in [-0.05, 0) is 49.2 Å². The van der Waals surface area contributed by atoms with Crippen molar-refractivity contribution in [1.29, 1.82) is 0 Å². The number of amides is 1. The van der Waals surface area contributed by atoms with Gasteiger partial charge in [-0.15, -0.1) is 11.3 Å². The molecule has 0 unspecified atom stereocenters. The van der Waals surface area contributed by atoms with E-state index in [0.29, 0.717) is 5.69 Å². The lowest BCUT2D eigenvalue weighted by molar-refractivity contribution is -0.113. The Bertz CT molecular complexity index is 1110. The van der Waals surface area contributed by atoms with Gasteiger partial charge in [-0.3, -0.25) is 9.52 Å². The SMILES string of the molecule is Cc1cccc(NC(=O)CSc2nc3ccc(NS(C)(=O)=O)cc3s2)c1C. The smallest absolute Gasteiger partial charge is 0.234 e. The van der Waals surface area contributed by atoms with Crippen molar-refractivity contribution in [2.75, 3.05) is 22.0 Å². The van der Waals surface area contributed by atoms with Gasteiger partial charge < -0.3 is 5.32 Å². The van der Waals surface area contributed by atoms with Crippen molar-refractivity contribution in [1.82, 2.24) is 4.98 Å². The van der Waals surface area contributed by atoms with Gasteiger partial charge in [0.05, 0.1) is 27.9 Å². The molecule has 0 aliphatic heterocycles. The van der Waals surface area contributed by atoms with E-state index in [2.05, 4.69) is 15.0 Å². The molecule has 3 aromatic rings. The average Bonchev–Trinajstić information content (AvgIpc) is 2.98. The Kier molecular flexibility index (Phi) is 5.73. The Balaban J connectivity index is 1.66. The Morgan fingerprint density at radius 3 is 2.74 bits per heavy atom. The number of thiazole rings is 1. The van der Waals surface area contributed by atoms with Crippen LogP contribution in [0.1, 0.15) is 11.1 Å². The van der Waals surface area contributed by atoms with Gasteiger partial charge in [0, 0.05) is 5.69 Å². The lowest BCUT2D eigenvalue weighted by Crippen LogP contribution is -2.15. The molecule has 0 aliphatic rings. The first-order valence-electron chi connectivity index (χ1n) is 8.08. The third-order valence-electron chi connectivity index (χ3n) is 3.88. The molecule has 9 heteroatoms. The lowest BCUT2D eigenvalue weighted by Gasteiger charge is -2.09. The zero-order valence-corrected chi connectivity index (χ0v) is 17.5. The molecule has 0 fully saturated rings. The topological polar surface area (TPSA) is 88.2 Å². The summed E-state index contributed by atoms with van der Waals surface area (Å²) in [5.41, 5.74) is 4.28. The number of hydrogen-bond donors (Lipinski definition) is 2. The lowest BCUT2D eigenvalue weighted by atomic mass is 10.1. The Morgan fingerprint density at radius 1 is 1.22 bits per heavy atom. The normalized spacial score (nSPS) is 11.5. The number of nitrogens with zero attached hydrogens (tertiary/aromatic N) is 1. The highest BCUT2D eigenvalue weighted by atomic mass is 32.2. The maximum absolute atomic E-state index is 12.2. The van der Waals surface area contributed by atoms with Crippen LogP contribution in [0.3, 0.4) is 0 Å². The molecule has 6 nitrogen and oxygen atoms in total. The Hall–Kier alpha value is -2.10. The number of hydrogen-bond acceptors (Lipinski definition) is 6. The van der Waals surface area contributed by atoms with Crippen LogP contribution in [0, 0.1) is 13.8 Å². The van der Waals surface area contributed by atoms with Gasteiger partial charge in [0.15, 0.2) is 4.34 Å². The first-order chi connectivity index (χ1) is 12.7. The molecule has 1 amide bonds. The molecule has 3 rings (SSSR count). The van der Waals surface area contributed by atoms with Crippen molar-refractivity contribution < 1.29 is 13.2 Å². The van der Waals surface area contributed by atoms with Gasteiger partial charge in [0.25, 0.3) is 0 Å². The summed E-state index contributed by atoms with van der Waals surface area (Å²) >= 11 is 2.79. The summed E-state index contributed by atoms with van der Waals surface area (Å²) in [5.74, 6) is 0.161. The van der Waals surface area contributed by atoms with E-state index in [1.807, 2.05) is 32.0 Å². The van der Waals surface area contributed by atoms with Crippen molar-refractivity contribution in [3.05, 3.63) is 47.5 Å². The van der Waals surface area contributed by atoms with E-state index >= 15 is 0 Å². The number of sulfonamides is 1. The van der Waals surface area contributed by atoms with Crippen LogP contribution < -0.4 is 10.0 Å². The highest BCUT2D eigenvalue weighted by Crippen LogP contribution is 2.31. The van der Waals surface area contributed by atoms with E-state index in [1.165, 1.54) is 23.1 Å². The molecule has 2 N–H and O–H groups in total. The van der Waals surface area contributed by atoms with Gasteiger partial charge in [-0.2, -0.15) is 0 Å². The van der Waals surface area contributed by atoms with E-state index < -0.39 is 10.0 Å². The zero-order valence-electron chi connectivity index (χ0n) is 15.1. The Morgan fingerprint density at radius 2 is 2.00 bits per heavy atom. The number of anilines is 2. The molecule has 1 heterocycles. The van der Waals surface area contributed by atoms with Gasteiger partial charge >= 0.3 is 0 Å². The number of aromatic nitrogens is 1. The van der Waals surface area contributed by atoms with Crippen molar-refractivity contribution in [2.24, 2.45) is 0 Å². The molecule has 2 aromatic carbocycles. The van der Waals surface area contributed by atoms with E-state index in [9.17, 15) is 13.2 Å². The van der Waals surface area contributed by atoms with E-state index in [1.54, 1.807) is 18.2 Å². The van der Waals surface area contributed by atoms with Crippen molar-refractivity contribution >= 4 is 60.6 Å². The molecular formula is C18H19N3O3S3.